The number of nitrogens with zero attached hydrogens (tertiary/aromatic N) is 2. The molecule has 0 aromatic carbocycles. The molecule has 3 nitrogen and oxygen atoms in total. The van der Waals surface area contributed by atoms with Gasteiger partial charge in [-0.05, 0) is 13.0 Å². The van der Waals surface area contributed by atoms with Crippen molar-refractivity contribution in [1.29, 1.82) is 0 Å². The molecule has 0 saturated carbocycles. The lowest BCUT2D eigenvalue weighted by Crippen LogP contribution is -2.29. The molecule has 1 fully saturated rings. The highest BCUT2D eigenvalue weighted by Crippen LogP contribution is 2.06. The summed E-state index contributed by atoms with van der Waals surface area (Å²) < 4.78 is 11.3. The molecule has 0 aliphatic carbocycles. The van der Waals surface area contributed by atoms with Gasteiger partial charge in [-0.2, -0.15) is 0 Å². The van der Waals surface area contributed by atoms with Gasteiger partial charge in [-0.15, -0.1) is 0 Å². The van der Waals surface area contributed by atoms with Crippen molar-refractivity contribution in [2.75, 3.05) is 44.4 Å². The molecule has 0 radical (unpaired) electrons. The fourth-order valence-corrected chi connectivity index (χ4v) is 2.58. The Hall–Kier alpha value is 0.0700. The second-order valence-electron chi connectivity index (χ2n) is 4.16. The normalized spacial score (nSPS) is 20.9. The summed E-state index contributed by atoms with van der Waals surface area (Å²) >= 11 is 0. The van der Waals surface area contributed by atoms with Crippen LogP contribution in [0.5, 0.6) is 0 Å². The molecule has 1 aliphatic rings. The largest absolute Gasteiger partial charge is 0.289 e. The molecule has 0 spiro atoms. The van der Waals surface area contributed by atoms with Crippen molar-refractivity contribution in [3.05, 3.63) is 0 Å². The molecule has 0 N–H and O–H groups in total. The molecular formula is C11H24N2OS. The van der Waals surface area contributed by atoms with E-state index < -0.39 is 10.8 Å². The average molecular weight is 232 g/mol. The molecule has 0 bridgehead atoms. The quantitative estimate of drug-likeness (QED) is 0.657. The molecule has 0 aromatic rings. The van der Waals surface area contributed by atoms with Gasteiger partial charge in [-0.1, -0.05) is 20.3 Å². The zero-order chi connectivity index (χ0) is 11.1. The van der Waals surface area contributed by atoms with E-state index in [4.69, 9.17) is 0 Å². The summed E-state index contributed by atoms with van der Waals surface area (Å²) in [6, 6.07) is 0. The van der Waals surface area contributed by atoms with E-state index in [9.17, 15) is 4.21 Å². The van der Waals surface area contributed by atoms with Crippen molar-refractivity contribution in [3.8, 4) is 0 Å². The third-order valence-electron chi connectivity index (χ3n) is 2.92. The van der Waals surface area contributed by atoms with E-state index in [1.807, 2.05) is 6.92 Å². The Kier molecular flexibility index (Phi) is 6.45. The Balaban J connectivity index is 2.10. The van der Waals surface area contributed by atoms with Gasteiger partial charge in [-0.25, -0.2) is 0 Å². The van der Waals surface area contributed by atoms with E-state index in [0.29, 0.717) is 0 Å². The lowest BCUT2D eigenvalue weighted by molar-refractivity contribution is 0.252. The van der Waals surface area contributed by atoms with Crippen LogP contribution < -0.4 is 0 Å². The van der Waals surface area contributed by atoms with Crippen LogP contribution in [0.2, 0.25) is 0 Å². The SMILES string of the molecule is CCCCN1CCN(CCS(=O)CC)C1. The number of hydrogen-bond donors (Lipinski definition) is 0. The summed E-state index contributed by atoms with van der Waals surface area (Å²) in [5.74, 6) is 1.64. The fraction of sp³-hybridized carbons (Fsp3) is 1.00. The first kappa shape index (κ1) is 13.1. The van der Waals surface area contributed by atoms with Crippen LogP contribution in [0.1, 0.15) is 26.7 Å². The molecule has 0 aromatic heterocycles. The average Bonchev–Trinajstić information content (AvgIpc) is 2.71. The van der Waals surface area contributed by atoms with Crippen LogP contribution in [0, 0.1) is 0 Å². The van der Waals surface area contributed by atoms with Gasteiger partial charge in [0.2, 0.25) is 0 Å². The smallest absolute Gasteiger partial charge is 0.0507 e. The maximum atomic E-state index is 11.3. The molecule has 15 heavy (non-hydrogen) atoms. The number of rotatable bonds is 7. The van der Waals surface area contributed by atoms with Crippen LogP contribution in [-0.2, 0) is 10.8 Å². The Morgan fingerprint density at radius 1 is 1.13 bits per heavy atom. The highest BCUT2D eigenvalue weighted by atomic mass is 32.2. The van der Waals surface area contributed by atoms with Crippen molar-refractivity contribution in [3.63, 3.8) is 0 Å². The molecule has 4 heteroatoms. The molecule has 90 valence electrons. The van der Waals surface area contributed by atoms with E-state index in [1.54, 1.807) is 0 Å². The van der Waals surface area contributed by atoms with E-state index in [1.165, 1.54) is 25.9 Å². The van der Waals surface area contributed by atoms with Gasteiger partial charge in [0, 0.05) is 41.9 Å². The predicted octanol–water partition coefficient (Wildman–Crippen LogP) is 1.13. The van der Waals surface area contributed by atoms with Gasteiger partial charge in [0.1, 0.15) is 0 Å². The standard InChI is InChI=1S/C11H24N2OS/c1-3-5-6-12-7-8-13(11-12)9-10-15(14)4-2/h3-11H2,1-2H3. The highest BCUT2D eigenvalue weighted by molar-refractivity contribution is 7.84. The van der Waals surface area contributed by atoms with Gasteiger partial charge in [0.15, 0.2) is 0 Å². The first-order chi connectivity index (χ1) is 7.26. The zero-order valence-corrected chi connectivity index (χ0v) is 10.9. The summed E-state index contributed by atoms with van der Waals surface area (Å²) in [6.45, 7) is 9.89. The zero-order valence-electron chi connectivity index (χ0n) is 10.1. The van der Waals surface area contributed by atoms with Gasteiger partial charge < -0.3 is 0 Å². The van der Waals surface area contributed by atoms with Crippen molar-refractivity contribution in [2.45, 2.75) is 26.7 Å². The van der Waals surface area contributed by atoms with Gasteiger partial charge in [0.25, 0.3) is 0 Å². The molecule has 1 atom stereocenters. The van der Waals surface area contributed by atoms with Crippen LogP contribution in [-0.4, -0.2) is 58.4 Å². The summed E-state index contributed by atoms with van der Waals surface area (Å²) in [6.07, 6.45) is 2.57. The maximum absolute atomic E-state index is 11.3. The third kappa shape index (κ3) is 5.09. The summed E-state index contributed by atoms with van der Waals surface area (Å²) in [5, 5.41) is 0. The maximum Gasteiger partial charge on any atom is 0.0507 e. The van der Waals surface area contributed by atoms with Crippen LogP contribution in [0.4, 0.5) is 0 Å². The fourth-order valence-electron chi connectivity index (χ4n) is 1.83. The molecule has 1 aliphatic heterocycles. The molecule has 0 amide bonds. The minimum absolute atomic E-state index is 0.600. The van der Waals surface area contributed by atoms with Crippen LogP contribution >= 0.6 is 0 Å². The number of unbranched alkanes of at least 4 members (excludes halogenated alkanes) is 1. The van der Waals surface area contributed by atoms with Gasteiger partial charge in [-0.3, -0.25) is 14.0 Å². The van der Waals surface area contributed by atoms with Crippen molar-refractivity contribution < 1.29 is 4.21 Å². The first-order valence-electron chi connectivity index (χ1n) is 6.06. The van der Waals surface area contributed by atoms with E-state index in [2.05, 4.69) is 16.7 Å². The molecule has 1 saturated heterocycles. The van der Waals surface area contributed by atoms with E-state index in [-0.39, 0.29) is 0 Å². The Morgan fingerprint density at radius 2 is 1.80 bits per heavy atom. The Labute approximate surface area is 96.3 Å². The number of hydrogen-bond acceptors (Lipinski definition) is 3. The predicted molar refractivity (Wildman–Crippen MR) is 66.5 cm³/mol. The minimum Gasteiger partial charge on any atom is -0.289 e. The van der Waals surface area contributed by atoms with Crippen LogP contribution in [0.25, 0.3) is 0 Å². The van der Waals surface area contributed by atoms with Crippen LogP contribution in [0.15, 0.2) is 0 Å². The van der Waals surface area contributed by atoms with E-state index >= 15 is 0 Å². The van der Waals surface area contributed by atoms with E-state index in [0.717, 1.165) is 31.3 Å². The first-order valence-corrected chi connectivity index (χ1v) is 7.54. The van der Waals surface area contributed by atoms with Crippen molar-refractivity contribution >= 4 is 10.8 Å². The third-order valence-corrected chi connectivity index (χ3v) is 4.20. The highest BCUT2D eigenvalue weighted by Gasteiger charge is 2.18. The Morgan fingerprint density at radius 3 is 2.40 bits per heavy atom. The summed E-state index contributed by atoms with van der Waals surface area (Å²) in [4.78, 5) is 4.92. The van der Waals surface area contributed by atoms with Crippen molar-refractivity contribution in [2.24, 2.45) is 0 Å². The Bertz CT molecular complexity index is 199. The van der Waals surface area contributed by atoms with Gasteiger partial charge >= 0.3 is 0 Å². The summed E-state index contributed by atoms with van der Waals surface area (Å²) in [5.41, 5.74) is 0. The van der Waals surface area contributed by atoms with Gasteiger partial charge in [0.05, 0.1) is 6.67 Å². The molecule has 1 unspecified atom stereocenters. The lowest BCUT2D eigenvalue weighted by Gasteiger charge is -2.17. The topological polar surface area (TPSA) is 23.6 Å². The second kappa shape index (κ2) is 7.36. The molecule has 1 heterocycles. The van der Waals surface area contributed by atoms with Crippen molar-refractivity contribution in [1.82, 2.24) is 9.80 Å². The molecule has 1 rings (SSSR count). The minimum atomic E-state index is -0.600. The second-order valence-corrected chi connectivity index (χ2v) is 6.03. The lowest BCUT2D eigenvalue weighted by atomic mass is 10.3. The monoisotopic (exact) mass is 232 g/mol. The van der Waals surface area contributed by atoms with Crippen LogP contribution in [0.3, 0.4) is 0 Å². The molecular weight excluding hydrogens is 208 g/mol. The summed E-state index contributed by atoms with van der Waals surface area (Å²) in [7, 11) is -0.600.